The van der Waals surface area contributed by atoms with Gasteiger partial charge in [-0.2, -0.15) is 0 Å². The molecule has 0 saturated carbocycles. The Bertz CT molecular complexity index is 847. The largest absolute Gasteiger partial charge is 0.530 e. The van der Waals surface area contributed by atoms with Crippen LogP contribution in [-0.2, 0) is 26.8 Å². The van der Waals surface area contributed by atoms with E-state index in [0.29, 0.717) is 11.3 Å². The Morgan fingerprint density at radius 3 is 1.63 bits per heavy atom. The molecule has 0 saturated heterocycles. The van der Waals surface area contributed by atoms with Crippen LogP contribution >= 0.6 is 7.82 Å². The lowest BCUT2D eigenvalue weighted by Gasteiger charge is -2.19. The molecule has 0 fully saturated rings. The number of aldehydes is 1. The molecule has 0 radical (unpaired) electrons. The summed E-state index contributed by atoms with van der Waals surface area (Å²) in [5.41, 5.74) is 2.19. The molecule has 0 amide bonds. The van der Waals surface area contributed by atoms with E-state index < -0.39 is 7.82 Å². The van der Waals surface area contributed by atoms with Crippen LogP contribution in [0.4, 0.5) is 0 Å². The lowest BCUT2D eigenvalue weighted by Crippen LogP contribution is -2.03. The summed E-state index contributed by atoms with van der Waals surface area (Å²) in [6.07, 6.45) is 0.723. The number of rotatable bonds is 9. The Balaban J connectivity index is 1.73. The minimum absolute atomic E-state index is 0.0827. The lowest BCUT2D eigenvalue weighted by atomic mass is 10.2. The Morgan fingerprint density at radius 1 is 0.704 bits per heavy atom. The molecule has 6 heteroatoms. The minimum Gasteiger partial charge on any atom is -0.404 e. The quantitative estimate of drug-likeness (QED) is 0.365. The summed E-state index contributed by atoms with van der Waals surface area (Å²) in [4.78, 5) is 10.8. The number of carbonyl (C=O) groups excluding carboxylic acids is 1. The van der Waals surface area contributed by atoms with Crippen molar-refractivity contribution < 1.29 is 22.9 Å². The second kappa shape index (κ2) is 9.28. The van der Waals surface area contributed by atoms with Gasteiger partial charge < -0.3 is 4.52 Å². The van der Waals surface area contributed by atoms with Gasteiger partial charge in [-0.15, -0.1) is 0 Å². The van der Waals surface area contributed by atoms with E-state index in [1.165, 1.54) is 0 Å². The van der Waals surface area contributed by atoms with E-state index >= 15 is 0 Å². The molecule has 0 bridgehead atoms. The molecule has 0 heterocycles. The maximum atomic E-state index is 13.1. The molecule has 0 N–H and O–H groups in total. The van der Waals surface area contributed by atoms with Gasteiger partial charge in [0.15, 0.2) is 0 Å². The fourth-order valence-electron chi connectivity index (χ4n) is 2.28. The van der Waals surface area contributed by atoms with Crippen molar-refractivity contribution in [3.8, 4) is 5.75 Å². The maximum Gasteiger partial charge on any atom is 0.530 e. The SMILES string of the molecule is O=Cc1ccc(OP(=O)(OCc2ccccc2)OCc2ccccc2)cc1. The maximum absolute atomic E-state index is 13.1. The van der Waals surface area contributed by atoms with Gasteiger partial charge in [0.2, 0.25) is 0 Å². The van der Waals surface area contributed by atoms with Crippen molar-refractivity contribution in [1.29, 1.82) is 0 Å². The van der Waals surface area contributed by atoms with Gasteiger partial charge in [0.05, 0.1) is 13.2 Å². The summed E-state index contributed by atoms with van der Waals surface area (Å²) >= 11 is 0. The highest BCUT2D eigenvalue weighted by Gasteiger charge is 2.29. The van der Waals surface area contributed by atoms with E-state index in [4.69, 9.17) is 13.6 Å². The first-order valence-corrected chi connectivity index (χ1v) is 9.85. The molecule has 0 aliphatic rings. The minimum atomic E-state index is -3.88. The van der Waals surface area contributed by atoms with Crippen LogP contribution in [-0.4, -0.2) is 6.29 Å². The number of phosphoric ester groups is 1. The van der Waals surface area contributed by atoms with Crippen LogP contribution < -0.4 is 4.52 Å². The highest BCUT2D eigenvalue weighted by Crippen LogP contribution is 2.50. The van der Waals surface area contributed by atoms with E-state index in [-0.39, 0.29) is 13.2 Å². The number of hydrogen-bond donors (Lipinski definition) is 0. The van der Waals surface area contributed by atoms with Crippen LogP contribution in [0.5, 0.6) is 5.75 Å². The monoisotopic (exact) mass is 382 g/mol. The Labute approximate surface area is 158 Å². The predicted molar refractivity (Wildman–Crippen MR) is 103 cm³/mol. The van der Waals surface area contributed by atoms with Crippen LogP contribution in [0.15, 0.2) is 84.9 Å². The molecule has 3 rings (SSSR count). The molecule has 138 valence electrons. The smallest absolute Gasteiger partial charge is 0.404 e. The number of phosphoric acid groups is 1. The molecule has 27 heavy (non-hydrogen) atoms. The van der Waals surface area contributed by atoms with Crippen LogP contribution in [0.2, 0.25) is 0 Å². The van der Waals surface area contributed by atoms with Crippen molar-refractivity contribution in [3.63, 3.8) is 0 Å². The standard InChI is InChI=1S/C21H19O5P/c22-15-18-11-13-21(14-12-18)26-27(23,24-16-19-7-3-1-4-8-19)25-17-20-9-5-2-6-10-20/h1-15H,16-17H2. The normalized spacial score (nSPS) is 11.1. The van der Waals surface area contributed by atoms with E-state index in [2.05, 4.69) is 0 Å². The first-order chi connectivity index (χ1) is 13.2. The fraction of sp³-hybridized carbons (Fsp3) is 0.0952. The third-order valence-corrected chi connectivity index (χ3v) is 5.02. The molecular formula is C21H19O5P. The Morgan fingerprint density at radius 2 is 1.19 bits per heavy atom. The third kappa shape index (κ3) is 5.90. The van der Waals surface area contributed by atoms with E-state index in [1.807, 2.05) is 60.7 Å². The van der Waals surface area contributed by atoms with Crippen LogP contribution in [0, 0.1) is 0 Å². The molecular weight excluding hydrogens is 363 g/mol. The number of benzene rings is 3. The summed E-state index contributed by atoms with van der Waals surface area (Å²) in [7, 11) is -3.88. The zero-order valence-electron chi connectivity index (χ0n) is 14.6. The molecule has 0 spiro atoms. The Hall–Kier alpha value is -2.72. The molecule has 0 unspecified atom stereocenters. The lowest BCUT2D eigenvalue weighted by molar-refractivity contribution is 0.112. The summed E-state index contributed by atoms with van der Waals surface area (Å²) in [6.45, 7) is 0.165. The number of hydrogen-bond acceptors (Lipinski definition) is 5. The second-order valence-electron chi connectivity index (χ2n) is 5.74. The molecule has 0 atom stereocenters. The molecule has 0 aliphatic heterocycles. The van der Waals surface area contributed by atoms with Gasteiger partial charge in [-0.3, -0.25) is 13.8 Å². The summed E-state index contributed by atoms with van der Waals surface area (Å²) in [5, 5.41) is 0. The van der Waals surface area contributed by atoms with Gasteiger partial charge in [-0.05, 0) is 35.4 Å². The predicted octanol–water partition coefficient (Wildman–Crippen LogP) is 5.42. The topological polar surface area (TPSA) is 61.8 Å². The zero-order chi connectivity index (χ0) is 19.0. The van der Waals surface area contributed by atoms with Crippen molar-refractivity contribution in [2.24, 2.45) is 0 Å². The van der Waals surface area contributed by atoms with E-state index in [9.17, 15) is 9.36 Å². The van der Waals surface area contributed by atoms with Crippen LogP contribution in [0.25, 0.3) is 0 Å². The van der Waals surface area contributed by atoms with Crippen molar-refractivity contribution in [3.05, 3.63) is 102 Å². The molecule has 3 aromatic carbocycles. The highest BCUT2D eigenvalue weighted by atomic mass is 31.2. The van der Waals surface area contributed by atoms with Gasteiger partial charge in [0.25, 0.3) is 0 Å². The van der Waals surface area contributed by atoms with Gasteiger partial charge in [-0.1, -0.05) is 60.7 Å². The molecule has 0 aromatic heterocycles. The van der Waals surface area contributed by atoms with Gasteiger partial charge >= 0.3 is 7.82 Å². The number of carbonyl (C=O) groups is 1. The van der Waals surface area contributed by atoms with E-state index in [1.54, 1.807) is 24.3 Å². The average molecular weight is 382 g/mol. The van der Waals surface area contributed by atoms with E-state index in [0.717, 1.165) is 17.4 Å². The summed E-state index contributed by atoms with van der Waals surface area (Å²) < 4.78 is 29.8. The summed E-state index contributed by atoms with van der Waals surface area (Å²) in [6, 6.07) is 24.9. The molecule has 5 nitrogen and oxygen atoms in total. The summed E-state index contributed by atoms with van der Waals surface area (Å²) in [5.74, 6) is 0.296. The Kier molecular flexibility index (Phi) is 6.55. The second-order valence-corrected chi connectivity index (χ2v) is 7.34. The zero-order valence-corrected chi connectivity index (χ0v) is 15.5. The van der Waals surface area contributed by atoms with Crippen molar-refractivity contribution >= 4 is 14.1 Å². The highest BCUT2D eigenvalue weighted by molar-refractivity contribution is 7.48. The average Bonchev–Trinajstić information content (AvgIpc) is 2.73. The van der Waals surface area contributed by atoms with Gasteiger partial charge in [0, 0.05) is 5.56 Å². The van der Waals surface area contributed by atoms with Crippen molar-refractivity contribution in [2.45, 2.75) is 13.2 Å². The van der Waals surface area contributed by atoms with Crippen molar-refractivity contribution in [2.75, 3.05) is 0 Å². The third-order valence-electron chi connectivity index (χ3n) is 3.70. The molecule has 0 aliphatic carbocycles. The fourth-order valence-corrected chi connectivity index (χ4v) is 3.46. The van der Waals surface area contributed by atoms with Crippen molar-refractivity contribution in [1.82, 2.24) is 0 Å². The van der Waals surface area contributed by atoms with Gasteiger partial charge in [0.1, 0.15) is 12.0 Å². The first-order valence-electron chi connectivity index (χ1n) is 8.39. The first kappa shape index (κ1) is 19.1. The van der Waals surface area contributed by atoms with Crippen LogP contribution in [0.1, 0.15) is 21.5 Å². The molecule has 3 aromatic rings. The van der Waals surface area contributed by atoms with Gasteiger partial charge in [-0.25, -0.2) is 4.57 Å². The van der Waals surface area contributed by atoms with Crippen LogP contribution in [0.3, 0.4) is 0 Å².